The Kier molecular flexibility index (Phi) is 5.15. The van der Waals surface area contributed by atoms with E-state index in [-0.39, 0.29) is 23.6 Å². The van der Waals surface area contributed by atoms with Gasteiger partial charge in [0.05, 0.1) is 11.9 Å². The summed E-state index contributed by atoms with van der Waals surface area (Å²) in [6, 6.07) is 0.127. The maximum Gasteiger partial charge on any atom is 0.295 e. The summed E-state index contributed by atoms with van der Waals surface area (Å²) >= 11 is 0. The molecule has 1 amide bonds. The molecule has 10 nitrogen and oxygen atoms in total. The molecule has 30 heavy (non-hydrogen) atoms. The Hall–Kier alpha value is -3.43. The van der Waals surface area contributed by atoms with Crippen molar-refractivity contribution in [3.8, 4) is 5.88 Å². The number of rotatable bonds is 6. The average Bonchev–Trinajstić information content (AvgIpc) is 3.34. The molecule has 0 aliphatic heterocycles. The Morgan fingerprint density at radius 2 is 2.17 bits per heavy atom. The number of aryl methyl sites for hydroxylation is 2. The van der Waals surface area contributed by atoms with Gasteiger partial charge < -0.3 is 19.5 Å². The van der Waals surface area contributed by atoms with E-state index in [2.05, 4.69) is 34.7 Å². The van der Waals surface area contributed by atoms with Crippen LogP contribution < -0.4 is 5.32 Å². The predicted octanol–water partition coefficient (Wildman–Crippen LogP) is 3.21. The molecule has 4 rings (SSSR count). The molecule has 0 atom stereocenters. The topological polar surface area (TPSA) is 127 Å². The quantitative estimate of drug-likeness (QED) is 0.568. The van der Waals surface area contributed by atoms with Gasteiger partial charge in [0.2, 0.25) is 0 Å². The minimum absolute atomic E-state index is 0.127. The summed E-state index contributed by atoms with van der Waals surface area (Å²) in [5, 5.41) is 24.7. The van der Waals surface area contributed by atoms with E-state index in [1.807, 2.05) is 26.0 Å². The molecule has 160 valence electrons. The molecule has 1 aliphatic carbocycles. The van der Waals surface area contributed by atoms with Gasteiger partial charge in [0.25, 0.3) is 17.5 Å². The predicted molar refractivity (Wildman–Crippen MR) is 109 cm³/mol. The number of hydrogen-bond acceptors (Lipinski definition) is 6. The molecule has 1 fully saturated rings. The second kappa shape index (κ2) is 7.77. The Morgan fingerprint density at radius 1 is 1.40 bits per heavy atom. The first-order valence-corrected chi connectivity index (χ1v) is 9.98. The lowest BCUT2D eigenvalue weighted by Crippen LogP contribution is -2.25. The van der Waals surface area contributed by atoms with Gasteiger partial charge in [-0.3, -0.25) is 4.79 Å². The molecule has 3 aromatic heterocycles. The molecule has 10 heteroatoms. The van der Waals surface area contributed by atoms with Crippen LogP contribution in [0.1, 0.15) is 59.8 Å². The first-order valence-electron chi connectivity index (χ1n) is 9.98. The van der Waals surface area contributed by atoms with Crippen molar-refractivity contribution in [1.82, 2.24) is 30.0 Å². The highest BCUT2D eigenvalue weighted by Crippen LogP contribution is 2.24. The Bertz CT molecular complexity index is 1130. The zero-order valence-corrected chi connectivity index (χ0v) is 17.5. The summed E-state index contributed by atoms with van der Waals surface area (Å²) in [6.07, 6.45) is 7.23. The summed E-state index contributed by atoms with van der Waals surface area (Å²) < 4.78 is 13.7. The number of aromatic hydroxyl groups is 1. The third-order valence-corrected chi connectivity index (χ3v) is 4.87. The first-order chi connectivity index (χ1) is 14.3. The van der Waals surface area contributed by atoms with Crippen LogP contribution in [0.2, 0.25) is 0 Å². The molecule has 3 aromatic rings. The van der Waals surface area contributed by atoms with Crippen LogP contribution in [0.15, 0.2) is 15.2 Å². The molecule has 0 radical (unpaired) electrons. The van der Waals surface area contributed by atoms with E-state index in [9.17, 15) is 9.90 Å². The van der Waals surface area contributed by atoms with Crippen LogP contribution in [0, 0.1) is 19.8 Å². The summed E-state index contributed by atoms with van der Waals surface area (Å²) in [5.74, 6) is -0.0991. The van der Waals surface area contributed by atoms with E-state index >= 15 is 0 Å². The van der Waals surface area contributed by atoms with Crippen molar-refractivity contribution < 1.29 is 18.9 Å². The van der Waals surface area contributed by atoms with Crippen LogP contribution in [0.3, 0.4) is 0 Å². The van der Waals surface area contributed by atoms with Crippen molar-refractivity contribution in [2.24, 2.45) is 5.92 Å². The van der Waals surface area contributed by atoms with Gasteiger partial charge in [-0.25, -0.2) is 4.68 Å². The van der Waals surface area contributed by atoms with Crippen molar-refractivity contribution in [3.63, 3.8) is 0 Å². The summed E-state index contributed by atoms with van der Waals surface area (Å²) in [6.45, 7) is 8.39. The molecular formula is C20H26N6O4. The largest absolute Gasteiger partial charge is 0.490 e. The van der Waals surface area contributed by atoms with Crippen molar-refractivity contribution in [3.05, 3.63) is 34.5 Å². The molecule has 0 unspecified atom stereocenters. The zero-order chi connectivity index (χ0) is 21.4. The maximum absolute atomic E-state index is 12.5. The molecule has 3 heterocycles. The fraction of sp³-hybridized carbons (Fsp3) is 0.450. The highest BCUT2D eigenvalue weighted by atomic mass is 16.5. The third-order valence-electron chi connectivity index (χ3n) is 4.87. The van der Waals surface area contributed by atoms with E-state index in [0.29, 0.717) is 18.0 Å². The maximum atomic E-state index is 12.5. The van der Waals surface area contributed by atoms with Gasteiger partial charge in [-0.1, -0.05) is 19.0 Å². The van der Waals surface area contributed by atoms with Gasteiger partial charge in [0.1, 0.15) is 5.76 Å². The minimum atomic E-state index is -0.483. The average molecular weight is 414 g/mol. The standard InChI is InChI=1S/C20H26N6O4/c1-11(2)10-25-19-14(5-8-16-12(3)23-29-13(16)4)9-21-26(19)20(28)17(30-24-25)18(27)22-15-6-7-15/h5,8-9,11,15,24,28H,6-7,10H2,1-4H3,(H,22,27)/b8-5+. The molecule has 0 spiro atoms. The number of carbonyl (C=O) groups excluding carboxylic acids is 1. The zero-order valence-electron chi connectivity index (χ0n) is 17.5. The van der Waals surface area contributed by atoms with Crippen LogP contribution in [0.4, 0.5) is 0 Å². The SMILES string of the molecule is Cc1noc(C)c1/C=C/c1cnn2c(O)c(C(=O)NC3CC3)o[nH]n(CC(C)C)c12. The van der Waals surface area contributed by atoms with Crippen LogP contribution in [0.25, 0.3) is 17.8 Å². The minimum Gasteiger partial charge on any atom is -0.490 e. The van der Waals surface area contributed by atoms with Crippen LogP contribution in [-0.4, -0.2) is 41.8 Å². The van der Waals surface area contributed by atoms with E-state index in [0.717, 1.165) is 29.7 Å². The number of amides is 1. The first kappa shape index (κ1) is 19.9. The number of aromatic amines is 1. The second-order valence-corrected chi connectivity index (χ2v) is 8.00. The molecule has 0 aromatic carbocycles. The lowest BCUT2D eigenvalue weighted by atomic mass is 10.1. The van der Waals surface area contributed by atoms with E-state index in [4.69, 9.17) is 9.05 Å². The van der Waals surface area contributed by atoms with Crippen LogP contribution in [0.5, 0.6) is 5.88 Å². The highest BCUT2D eigenvalue weighted by molar-refractivity contribution is 5.93. The smallest absolute Gasteiger partial charge is 0.295 e. The van der Waals surface area contributed by atoms with Crippen molar-refractivity contribution in [1.29, 1.82) is 0 Å². The highest BCUT2D eigenvalue weighted by Gasteiger charge is 2.28. The summed E-state index contributed by atoms with van der Waals surface area (Å²) in [5.41, 5.74) is 2.94. The third kappa shape index (κ3) is 3.85. The van der Waals surface area contributed by atoms with Gasteiger partial charge in [-0.15, -0.1) is 0 Å². The number of H-pyrrole nitrogens is 1. The number of fused-ring (bicyclic) bond motifs is 1. The number of hydrogen-bond donors (Lipinski definition) is 3. The number of nitrogens with one attached hydrogen (secondary N) is 2. The van der Waals surface area contributed by atoms with Gasteiger partial charge in [-0.2, -0.15) is 14.9 Å². The Balaban J connectivity index is 1.85. The molecule has 1 saturated carbocycles. The lowest BCUT2D eigenvalue weighted by molar-refractivity contribution is 0.0896. The molecule has 0 bridgehead atoms. The molecule has 1 aliphatic rings. The van der Waals surface area contributed by atoms with E-state index in [1.165, 1.54) is 4.52 Å². The van der Waals surface area contributed by atoms with Crippen LogP contribution >= 0.6 is 0 Å². The number of nitrogens with zero attached hydrogens (tertiary/aromatic N) is 4. The molecule has 3 N–H and O–H groups in total. The van der Waals surface area contributed by atoms with Gasteiger partial charge in [0, 0.05) is 23.7 Å². The number of carbonyl (C=O) groups is 1. The van der Waals surface area contributed by atoms with Crippen molar-refractivity contribution in [2.45, 2.75) is 53.1 Å². The van der Waals surface area contributed by atoms with Gasteiger partial charge in [-0.05, 0) is 44.8 Å². The summed E-state index contributed by atoms with van der Waals surface area (Å²) in [7, 11) is 0. The lowest BCUT2D eigenvalue weighted by Gasteiger charge is -2.08. The van der Waals surface area contributed by atoms with E-state index in [1.54, 1.807) is 10.9 Å². The monoisotopic (exact) mass is 414 g/mol. The summed E-state index contributed by atoms with van der Waals surface area (Å²) in [4.78, 5) is 12.5. The Labute approximate surface area is 172 Å². The number of aromatic nitrogens is 5. The van der Waals surface area contributed by atoms with Crippen molar-refractivity contribution >= 4 is 23.7 Å². The molecular weight excluding hydrogens is 388 g/mol. The van der Waals surface area contributed by atoms with Crippen LogP contribution in [-0.2, 0) is 6.54 Å². The van der Waals surface area contributed by atoms with Gasteiger partial charge in [0.15, 0.2) is 5.65 Å². The molecule has 0 saturated heterocycles. The fourth-order valence-electron chi connectivity index (χ4n) is 3.20. The fourth-order valence-corrected chi connectivity index (χ4v) is 3.20. The normalized spacial score (nSPS) is 14.2. The van der Waals surface area contributed by atoms with Crippen molar-refractivity contribution in [2.75, 3.05) is 0 Å². The van der Waals surface area contributed by atoms with E-state index < -0.39 is 5.91 Å². The second-order valence-electron chi connectivity index (χ2n) is 8.00. The van der Waals surface area contributed by atoms with Gasteiger partial charge >= 0.3 is 0 Å². The Morgan fingerprint density at radius 3 is 2.80 bits per heavy atom.